The molecule has 2 rings (SSSR count). The normalized spacial score (nSPS) is 14.6. The van der Waals surface area contributed by atoms with Crippen molar-refractivity contribution in [1.29, 1.82) is 0 Å². The molecule has 4 nitrogen and oxygen atoms in total. The van der Waals surface area contributed by atoms with Crippen molar-refractivity contribution in [2.45, 2.75) is 0 Å². The lowest BCUT2D eigenvalue weighted by molar-refractivity contribution is 0.0960. The summed E-state index contributed by atoms with van der Waals surface area (Å²) in [6.45, 7) is 0.105. The summed E-state index contributed by atoms with van der Waals surface area (Å²) in [7, 11) is 0. The highest BCUT2D eigenvalue weighted by Crippen LogP contribution is 2.19. The summed E-state index contributed by atoms with van der Waals surface area (Å²) in [5.41, 5.74) is 0.488. The largest absolute Gasteiger partial charge is 0.469 e. The lowest BCUT2D eigenvalue weighted by Gasteiger charge is -1.90. The molecule has 10 heavy (non-hydrogen) atoms. The van der Waals surface area contributed by atoms with E-state index in [0.29, 0.717) is 11.4 Å². The fourth-order valence-corrected chi connectivity index (χ4v) is 0.836. The molecule has 1 aliphatic heterocycles. The number of hydrogen-bond acceptors (Lipinski definition) is 4. The van der Waals surface area contributed by atoms with Crippen LogP contribution in [0.2, 0.25) is 0 Å². The Balaban J connectivity index is 2.61. The van der Waals surface area contributed by atoms with Crippen LogP contribution in [0, 0.1) is 0 Å². The van der Waals surface area contributed by atoms with Gasteiger partial charge in [-0.3, -0.25) is 4.79 Å². The maximum Gasteiger partial charge on any atom is 0.228 e. The molecule has 0 N–H and O–H groups in total. The van der Waals surface area contributed by atoms with Gasteiger partial charge in [0.05, 0.1) is 0 Å². The molecule has 0 spiro atoms. The summed E-state index contributed by atoms with van der Waals surface area (Å²) >= 11 is 0. The topological polar surface area (TPSA) is 52.1 Å². The monoisotopic (exact) mass is 136 g/mol. The number of aromatic nitrogens is 2. The van der Waals surface area contributed by atoms with E-state index in [1.807, 2.05) is 0 Å². The predicted molar refractivity (Wildman–Crippen MR) is 31.9 cm³/mol. The average Bonchev–Trinajstić information content (AvgIpc) is 2.34. The first kappa shape index (κ1) is 5.34. The molecule has 0 amide bonds. The molecule has 1 aromatic heterocycles. The number of Topliss-reactive ketones (excluding diaryl/α,β-unsaturated/α-hetero) is 1. The zero-order valence-corrected chi connectivity index (χ0v) is 5.07. The number of ketones is 1. The molecule has 0 fully saturated rings. The Morgan fingerprint density at radius 3 is 3.30 bits per heavy atom. The maximum absolute atomic E-state index is 10.9. The lowest BCUT2D eigenvalue weighted by Crippen LogP contribution is -1.98. The minimum atomic E-state index is -0.0457. The molecule has 4 heteroatoms. The molecule has 0 saturated heterocycles. The first-order valence-corrected chi connectivity index (χ1v) is 2.84. The van der Waals surface area contributed by atoms with Crippen LogP contribution in [0.15, 0.2) is 12.5 Å². The Kier molecular flexibility index (Phi) is 0.943. The smallest absolute Gasteiger partial charge is 0.228 e. The van der Waals surface area contributed by atoms with Gasteiger partial charge in [-0.15, -0.1) is 0 Å². The molecule has 1 aliphatic rings. The van der Waals surface area contributed by atoms with Gasteiger partial charge in [-0.05, 0) is 0 Å². The molecule has 0 unspecified atom stereocenters. The fraction of sp³-hybridized carbons (Fsp3) is 0.167. The predicted octanol–water partition coefficient (Wildman–Crippen LogP) is 0.0517. The van der Waals surface area contributed by atoms with Crippen molar-refractivity contribution < 1.29 is 9.53 Å². The van der Waals surface area contributed by atoms with Crippen molar-refractivity contribution in [1.82, 2.24) is 9.97 Å². The van der Waals surface area contributed by atoms with Gasteiger partial charge in [0, 0.05) is 6.20 Å². The van der Waals surface area contributed by atoms with Gasteiger partial charge in [-0.2, -0.15) is 0 Å². The average molecular weight is 136 g/mol. The zero-order chi connectivity index (χ0) is 6.97. The van der Waals surface area contributed by atoms with E-state index in [0.717, 1.165) is 0 Å². The van der Waals surface area contributed by atoms with Crippen LogP contribution in [0.1, 0.15) is 10.4 Å². The van der Waals surface area contributed by atoms with E-state index in [1.165, 1.54) is 12.5 Å². The molecule has 0 aromatic carbocycles. The molecular formula is C6H4N2O2. The van der Waals surface area contributed by atoms with Gasteiger partial charge in [0.1, 0.15) is 11.9 Å². The highest BCUT2D eigenvalue weighted by atomic mass is 16.5. The first-order chi connectivity index (χ1) is 4.88. The third-order valence-corrected chi connectivity index (χ3v) is 1.32. The Labute approximate surface area is 56.9 Å². The number of carbonyl (C=O) groups excluding carboxylic acids is 1. The van der Waals surface area contributed by atoms with Gasteiger partial charge in [0.2, 0.25) is 11.7 Å². The third kappa shape index (κ3) is 0.586. The molecule has 0 atom stereocenters. The van der Waals surface area contributed by atoms with E-state index in [9.17, 15) is 4.79 Å². The van der Waals surface area contributed by atoms with E-state index >= 15 is 0 Å². The second kappa shape index (κ2) is 1.76. The summed E-state index contributed by atoms with van der Waals surface area (Å²) in [6, 6.07) is 0. The molecule has 0 radical (unpaired) electrons. The van der Waals surface area contributed by atoms with Crippen molar-refractivity contribution in [2.24, 2.45) is 0 Å². The van der Waals surface area contributed by atoms with Crippen LogP contribution in [-0.4, -0.2) is 22.4 Å². The van der Waals surface area contributed by atoms with Crippen molar-refractivity contribution in [3.05, 3.63) is 18.1 Å². The SMILES string of the molecule is O=C1COc2ncncc21. The molecule has 0 bridgehead atoms. The summed E-state index contributed by atoms with van der Waals surface area (Å²) in [5, 5.41) is 0. The van der Waals surface area contributed by atoms with Crippen molar-refractivity contribution in [3.8, 4) is 5.88 Å². The van der Waals surface area contributed by atoms with Gasteiger partial charge in [-0.1, -0.05) is 0 Å². The van der Waals surface area contributed by atoms with Crippen LogP contribution in [0.4, 0.5) is 0 Å². The molecule has 50 valence electrons. The van der Waals surface area contributed by atoms with Crippen molar-refractivity contribution >= 4 is 5.78 Å². The zero-order valence-electron chi connectivity index (χ0n) is 5.07. The molecule has 0 aliphatic carbocycles. The second-order valence-corrected chi connectivity index (χ2v) is 1.95. The van der Waals surface area contributed by atoms with E-state index in [4.69, 9.17) is 4.74 Å². The maximum atomic E-state index is 10.9. The van der Waals surface area contributed by atoms with Crippen LogP contribution in [0.3, 0.4) is 0 Å². The molecular weight excluding hydrogens is 132 g/mol. The Hall–Kier alpha value is -1.45. The summed E-state index contributed by atoms with van der Waals surface area (Å²) < 4.78 is 4.91. The number of fused-ring (bicyclic) bond motifs is 1. The van der Waals surface area contributed by atoms with Crippen LogP contribution < -0.4 is 4.74 Å². The number of ether oxygens (including phenoxy) is 1. The Morgan fingerprint density at radius 1 is 1.60 bits per heavy atom. The standard InChI is InChI=1S/C6H4N2O2/c9-5-2-10-6-4(5)1-7-3-8-6/h1,3H,2H2. The van der Waals surface area contributed by atoms with Crippen LogP contribution in [0.5, 0.6) is 5.88 Å². The summed E-state index contributed by atoms with van der Waals surface area (Å²) in [5.74, 6) is 0.357. The Morgan fingerprint density at radius 2 is 2.50 bits per heavy atom. The van der Waals surface area contributed by atoms with E-state index < -0.39 is 0 Å². The lowest BCUT2D eigenvalue weighted by atomic mass is 10.2. The van der Waals surface area contributed by atoms with Crippen molar-refractivity contribution in [3.63, 3.8) is 0 Å². The molecule has 1 aromatic rings. The minimum Gasteiger partial charge on any atom is -0.469 e. The van der Waals surface area contributed by atoms with E-state index in [2.05, 4.69) is 9.97 Å². The van der Waals surface area contributed by atoms with Crippen LogP contribution in [-0.2, 0) is 0 Å². The van der Waals surface area contributed by atoms with Gasteiger partial charge in [0.15, 0.2) is 6.61 Å². The van der Waals surface area contributed by atoms with Gasteiger partial charge in [0.25, 0.3) is 0 Å². The number of hydrogen-bond donors (Lipinski definition) is 0. The highest BCUT2D eigenvalue weighted by Gasteiger charge is 2.21. The molecule has 0 saturated carbocycles. The number of rotatable bonds is 0. The first-order valence-electron chi connectivity index (χ1n) is 2.84. The van der Waals surface area contributed by atoms with Gasteiger partial charge < -0.3 is 4.74 Å². The summed E-state index contributed by atoms with van der Waals surface area (Å²) in [4.78, 5) is 18.3. The quantitative estimate of drug-likeness (QED) is 0.505. The summed E-state index contributed by atoms with van der Waals surface area (Å²) in [6.07, 6.45) is 2.83. The Bertz CT molecular complexity index is 285. The highest BCUT2D eigenvalue weighted by molar-refractivity contribution is 6.01. The van der Waals surface area contributed by atoms with E-state index in [1.54, 1.807) is 0 Å². The van der Waals surface area contributed by atoms with Gasteiger partial charge >= 0.3 is 0 Å². The second-order valence-electron chi connectivity index (χ2n) is 1.95. The molecule has 2 heterocycles. The van der Waals surface area contributed by atoms with Crippen molar-refractivity contribution in [2.75, 3.05) is 6.61 Å². The van der Waals surface area contributed by atoms with E-state index in [-0.39, 0.29) is 12.4 Å². The number of nitrogens with zero attached hydrogens (tertiary/aromatic N) is 2. The number of carbonyl (C=O) groups is 1. The van der Waals surface area contributed by atoms with Gasteiger partial charge in [-0.25, -0.2) is 9.97 Å². The minimum absolute atomic E-state index is 0.0457. The van der Waals surface area contributed by atoms with Crippen LogP contribution >= 0.6 is 0 Å². The third-order valence-electron chi connectivity index (χ3n) is 1.32. The van der Waals surface area contributed by atoms with Crippen LogP contribution in [0.25, 0.3) is 0 Å². The fourth-order valence-electron chi connectivity index (χ4n) is 0.836.